The second kappa shape index (κ2) is 10.2. The van der Waals surface area contributed by atoms with Gasteiger partial charge in [0.2, 0.25) is 0 Å². The number of halogens is 1. The summed E-state index contributed by atoms with van der Waals surface area (Å²) in [4.78, 5) is 0. The molecule has 0 aliphatic rings. The van der Waals surface area contributed by atoms with Crippen LogP contribution < -0.4 is 5.32 Å². The van der Waals surface area contributed by atoms with E-state index >= 15 is 0 Å². The molecule has 0 atom stereocenters. The standard InChI is InChI=1S/C16H26ClNO/c1-14(2)12-18-9-4-3-5-10-19-13-15-7-6-8-16(17)11-15/h6-8,11,14,18H,3-5,9-10,12-13H2,1-2H3. The summed E-state index contributed by atoms with van der Waals surface area (Å²) < 4.78 is 5.64. The predicted molar refractivity (Wildman–Crippen MR) is 82.7 cm³/mol. The lowest BCUT2D eigenvalue weighted by Crippen LogP contribution is -2.20. The maximum Gasteiger partial charge on any atom is 0.0717 e. The summed E-state index contributed by atoms with van der Waals surface area (Å²) in [6, 6.07) is 7.84. The number of hydrogen-bond donors (Lipinski definition) is 1. The molecule has 0 aliphatic carbocycles. The predicted octanol–water partition coefficient (Wildman–Crippen LogP) is 4.27. The molecule has 108 valence electrons. The van der Waals surface area contributed by atoms with Crippen LogP contribution in [0.25, 0.3) is 0 Å². The van der Waals surface area contributed by atoms with E-state index in [1.54, 1.807) is 0 Å². The van der Waals surface area contributed by atoms with Crippen molar-refractivity contribution in [1.29, 1.82) is 0 Å². The molecular formula is C16H26ClNO. The van der Waals surface area contributed by atoms with Crippen molar-refractivity contribution in [2.24, 2.45) is 5.92 Å². The van der Waals surface area contributed by atoms with Crippen LogP contribution in [0.15, 0.2) is 24.3 Å². The minimum Gasteiger partial charge on any atom is -0.377 e. The highest BCUT2D eigenvalue weighted by atomic mass is 35.5. The van der Waals surface area contributed by atoms with Crippen molar-refractivity contribution in [3.63, 3.8) is 0 Å². The van der Waals surface area contributed by atoms with Crippen molar-refractivity contribution in [3.05, 3.63) is 34.9 Å². The molecule has 0 aliphatic heterocycles. The van der Waals surface area contributed by atoms with Crippen LogP contribution in [0.1, 0.15) is 38.7 Å². The quantitative estimate of drug-likeness (QED) is 0.648. The smallest absolute Gasteiger partial charge is 0.0717 e. The van der Waals surface area contributed by atoms with Gasteiger partial charge in [0.05, 0.1) is 6.61 Å². The van der Waals surface area contributed by atoms with E-state index in [1.807, 2.05) is 24.3 Å². The van der Waals surface area contributed by atoms with Crippen molar-refractivity contribution in [2.45, 2.75) is 39.7 Å². The molecule has 0 unspecified atom stereocenters. The van der Waals surface area contributed by atoms with E-state index in [0.717, 1.165) is 42.6 Å². The summed E-state index contributed by atoms with van der Waals surface area (Å²) in [7, 11) is 0. The number of hydrogen-bond acceptors (Lipinski definition) is 2. The number of ether oxygens (including phenoxy) is 1. The Bertz CT molecular complexity index is 341. The maximum absolute atomic E-state index is 5.92. The molecule has 0 aromatic heterocycles. The molecular weight excluding hydrogens is 258 g/mol. The van der Waals surface area contributed by atoms with Gasteiger partial charge in [0.1, 0.15) is 0 Å². The van der Waals surface area contributed by atoms with Crippen LogP contribution in [0.5, 0.6) is 0 Å². The topological polar surface area (TPSA) is 21.3 Å². The van der Waals surface area contributed by atoms with Gasteiger partial charge in [-0.15, -0.1) is 0 Å². The highest BCUT2D eigenvalue weighted by Gasteiger charge is 1.96. The van der Waals surface area contributed by atoms with E-state index in [4.69, 9.17) is 16.3 Å². The van der Waals surface area contributed by atoms with Gasteiger partial charge in [-0.25, -0.2) is 0 Å². The van der Waals surface area contributed by atoms with Crippen molar-refractivity contribution >= 4 is 11.6 Å². The average Bonchev–Trinajstić information content (AvgIpc) is 2.36. The molecule has 0 fully saturated rings. The SMILES string of the molecule is CC(C)CNCCCCCOCc1cccc(Cl)c1. The zero-order valence-corrected chi connectivity index (χ0v) is 12.9. The van der Waals surface area contributed by atoms with Crippen LogP contribution in [0.4, 0.5) is 0 Å². The number of unbranched alkanes of at least 4 members (excludes halogenated alkanes) is 2. The highest BCUT2D eigenvalue weighted by Crippen LogP contribution is 2.11. The van der Waals surface area contributed by atoms with Crippen molar-refractivity contribution < 1.29 is 4.74 Å². The Morgan fingerprint density at radius 2 is 2.05 bits per heavy atom. The Hall–Kier alpha value is -0.570. The normalized spacial score (nSPS) is 11.2. The van der Waals surface area contributed by atoms with Gasteiger partial charge >= 0.3 is 0 Å². The van der Waals surface area contributed by atoms with E-state index in [-0.39, 0.29) is 0 Å². The fourth-order valence-corrected chi connectivity index (χ4v) is 2.05. The molecule has 1 aromatic rings. The van der Waals surface area contributed by atoms with E-state index in [1.165, 1.54) is 12.8 Å². The first kappa shape index (κ1) is 16.5. The zero-order valence-electron chi connectivity index (χ0n) is 12.1. The molecule has 0 amide bonds. The van der Waals surface area contributed by atoms with Gasteiger partial charge in [0, 0.05) is 11.6 Å². The lowest BCUT2D eigenvalue weighted by molar-refractivity contribution is 0.117. The average molecular weight is 284 g/mol. The van der Waals surface area contributed by atoms with Crippen LogP contribution >= 0.6 is 11.6 Å². The minimum absolute atomic E-state index is 0.659. The first-order chi connectivity index (χ1) is 9.18. The van der Waals surface area contributed by atoms with E-state index < -0.39 is 0 Å². The van der Waals surface area contributed by atoms with Crippen LogP contribution in [0, 0.1) is 5.92 Å². The molecule has 19 heavy (non-hydrogen) atoms. The van der Waals surface area contributed by atoms with Crippen LogP contribution in [-0.4, -0.2) is 19.7 Å². The van der Waals surface area contributed by atoms with Crippen molar-refractivity contribution in [1.82, 2.24) is 5.32 Å². The number of benzene rings is 1. The largest absolute Gasteiger partial charge is 0.377 e. The summed E-state index contributed by atoms with van der Waals surface area (Å²) in [5, 5.41) is 4.23. The fourth-order valence-electron chi connectivity index (χ4n) is 1.84. The molecule has 0 bridgehead atoms. The van der Waals surface area contributed by atoms with Crippen molar-refractivity contribution in [2.75, 3.05) is 19.7 Å². The van der Waals surface area contributed by atoms with Crippen LogP contribution in [0.3, 0.4) is 0 Å². The van der Waals surface area contributed by atoms with Gasteiger partial charge in [-0.3, -0.25) is 0 Å². The molecule has 2 nitrogen and oxygen atoms in total. The molecule has 1 rings (SSSR count). The lowest BCUT2D eigenvalue weighted by atomic mass is 10.2. The molecule has 0 saturated carbocycles. The Morgan fingerprint density at radius 3 is 2.79 bits per heavy atom. The van der Waals surface area contributed by atoms with E-state index in [2.05, 4.69) is 19.2 Å². The third kappa shape index (κ3) is 9.04. The van der Waals surface area contributed by atoms with Gasteiger partial charge in [-0.2, -0.15) is 0 Å². The molecule has 0 saturated heterocycles. The second-order valence-corrected chi connectivity index (χ2v) is 5.78. The Kier molecular flexibility index (Phi) is 8.89. The summed E-state index contributed by atoms with van der Waals surface area (Å²) >= 11 is 5.92. The number of nitrogens with one attached hydrogen (secondary N) is 1. The van der Waals surface area contributed by atoms with E-state index in [9.17, 15) is 0 Å². The van der Waals surface area contributed by atoms with Crippen LogP contribution in [0.2, 0.25) is 5.02 Å². The van der Waals surface area contributed by atoms with Gasteiger partial charge in [0.15, 0.2) is 0 Å². The van der Waals surface area contributed by atoms with Gasteiger partial charge in [-0.1, -0.05) is 37.6 Å². The molecule has 3 heteroatoms. The van der Waals surface area contributed by atoms with E-state index in [0.29, 0.717) is 6.61 Å². The van der Waals surface area contributed by atoms with Gasteiger partial charge < -0.3 is 10.1 Å². The number of rotatable bonds is 10. The van der Waals surface area contributed by atoms with Crippen molar-refractivity contribution in [3.8, 4) is 0 Å². The van der Waals surface area contributed by atoms with Crippen LogP contribution in [-0.2, 0) is 11.3 Å². The Balaban J connectivity index is 1.91. The monoisotopic (exact) mass is 283 g/mol. The van der Waals surface area contributed by atoms with Gasteiger partial charge in [-0.05, 0) is 56.0 Å². The maximum atomic E-state index is 5.92. The molecule has 0 spiro atoms. The fraction of sp³-hybridized carbons (Fsp3) is 0.625. The molecule has 0 radical (unpaired) electrons. The summed E-state index contributed by atoms with van der Waals surface area (Å²) in [5.74, 6) is 0.737. The highest BCUT2D eigenvalue weighted by molar-refractivity contribution is 6.30. The summed E-state index contributed by atoms with van der Waals surface area (Å²) in [6.45, 7) is 8.19. The molecule has 1 N–H and O–H groups in total. The second-order valence-electron chi connectivity index (χ2n) is 5.34. The Morgan fingerprint density at radius 1 is 1.21 bits per heavy atom. The summed E-state index contributed by atoms with van der Waals surface area (Å²) in [6.07, 6.45) is 3.58. The molecule has 1 aromatic carbocycles. The van der Waals surface area contributed by atoms with Gasteiger partial charge in [0.25, 0.3) is 0 Å². The third-order valence-corrected chi connectivity index (χ3v) is 3.09. The Labute approximate surface area is 122 Å². The first-order valence-corrected chi connectivity index (χ1v) is 7.59. The lowest BCUT2D eigenvalue weighted by Gasteiger charge is -2.07. The minimum atomic E-state index is 0.659. The molecule has 0 heterocycles. The first-order valence-electron chi connectivity index (χ1n) is 7.21. The zero-order chi connectivity index (χ0) is 13.9. The summed E-state index contributed by atoms with van der Waals surface area (Å²) in [5.41, 5.74) is 1.14. The third-order valence-electron chi connectivity index (χ3n) is 2.85.